The number of carbonyl (C=O) groups is 1. The molecule has 3 nitrogen and oxygen atoms in total. The van der Waals surface area contributed by atoms with Crippen LogP contribution in [-0.4, -0.2) is 12.3 Å². The number of Topliss-reactive ketones (excluding diaryl/α,β-unsaturated/α-hetero) is 1. The number of hydrogen-bond donors (Lipinski definition) is 0. The number of ketones is 1. The molecule has 0 aromatic heterocycles. The monoisotopic (exact) mass is 225 g/mol. The van der Waals surface area contributed by atoms with Crippen LogP contribution in [0.2, 0.25) is 0 Å². The summed E-state index contributed by atoms with van der Waals surface area (Å²) in [7, 11) is 0. The van der Waals surface area contributed by atoms with Crippen LogP contribution in [-0.2, 0) is 0 Å². The van der Waals surface area contributed by atoms with E-state index in [1.807, 2.05) is 42.5 Å². The van der Waals surface area contributed by atoms with E-state index in [0.29, 0.717) is 5.56 Å². The quantitative estimate of drug-likeness (QED) is 0.592. The molecule has 17 heavy (non-hydrogen) atoms. The third-order valence-corrected chi connectivity index (χ3v) is 2.52. The van der Waals surface area contributed by atoms with Gasteiger partial charge in [0, 0.05) is 5.56 Å². The fourth-order valence-corrected chi connectivity index (χ4v) is 1.74. The zero-order valence-corrected chi connectivity index (χ0v) is 9.17. The molecule has 0 spiro atoms. The Labute approximate surface area is 99.1 Å². The average molecular weight is 225 g/mol. The predicted octanol–water partition coefficient (Wildman–Crippen LogP) is 3.30. The van der Waals surface area contributed by atoms with Gasteiger partial charge in [-0.3, -0.25) is 4.79 Å². The number of benzene rings is 2. The summed E-state index contributed by atoms with van der Waals surface area (Å²) in [4.78, 5) is 21.9. The van der Waals surface area contributed by atoms with Crippen LogP contribution in [0, 0.1) is 4.91 Å². The Kier molecular flexibility index (Phi) is 3.40. The molecule has 0 aliphatic rings. The zero-order valence-electron chi connectivity index (χ0n) is 9.17. The van der Waals surface area contributed by atoms with Crippen molar-refractivity contribution in [1.82, 2.24) is 0 Å². The van der Waals surface area contributed by atoms with E-state index in [2.05, 4.69) is 5.18 Å². The van der Waals surface area contributed by atoms with Crippen molar-refractivity contribution in [1.29, 1.82) is 0 Å². The van der Waals surface area contributed by atoms with Crippen molar-refractivity contribution < 1.29 is 4.79 Å². The minimum Gasteiger partial charge on any atom is -0.292 e. The molecule has 0 saturated carbocycles. The molecular formula is C14H11NO2. The Morgan fingerprint density at radius 2 is 1.59 bits per heavy atom. The van der Waals surface area contributed by atoms with Crippen molar-refractivity contribution in [2.45, 2.75) is 0 Å². The molecule has 84 valence electrons. The largest absolute Gasteiger partial charge is 0.292 e. The summed E-state index contributed by atoms with van der Waals surface area (Å²) in [5.41, 5.74) is 2.34. The van der Waals surface area contributed by atoms with Gasteiger partial charge in [0.1, 0.15) is 6.54 Å². The van der Waals surface area contributed by atoms with E-state index >= 15 is 0 Å². The van der Waals surface area contributed by atoms with Gasteiger partial charge >= 0.3 is 0 Å². The summed E-state index contributed by atoms with van der Waals surface area (Å²) in [6.07, 6.45) is 0. The van der Waals surface area contributed by atoms with E-state index in [0.717, 1.165) is 11.1 Å². The smallest absolute Gasteiger partial charge is 0.188 e. The molecule has 0 aliphatic carbocycles. The Balaban J connectivity index is 2.48. The highest BCUT2D eigenvalue weighted by Gasteiger charge is 2.11. The molecule has 0 unspecified atom stereocenters. The van der Waals surface area contributed by atoms with Gasteiger partial charge in [0.05, 0.1) is 0 Å². The lowest BCUT2D eigenvalue weighted by atomic mass is 9.97. The van der Waals surface area contributed by atoms with Gasteiger partial charge in [0.15, 0.2) is 5.78 Å². The molecule has 0 heterocycles. The molecule has 0 saturated heterocycles. The molecule has 3 heteroatoms. The van der Waals surface area contributed by atoms with Gasteiger partial charge in [0.25, 0.3) is 0 Å². The Bertz CT molecular complexity index is 535. The van der Waals surface area contributed by atoms with E-state index < -0.39 is 0 Å². The van der Waals surface area contributed by atoms with Crippen molar-refractivity contribution in [2.24, 2.45) is 5.18 Å². The van der Waals surface area contributed by atoms with Gasteiger partial charge in [-0.25, -0.2) is 0 Å². The zero-order chi connectivity index (χ0) is 12.1. The highest BCUT2D eigenvalue weighted by molar-refractivity contribution is 6.03. The van der Waals surface area contributed by atoms with Crippen molar-refractivity contribution in [2.75, 3.05) is 6.54 Å². The first-order chi connectivity index (χ1) is 8.33. The van der Waals surface area contributed by atoms with E-state index in [1.165, 1.54) is 0 Å². The minimum absolute atomic E-state index is 0.251. The maximum Gasteiger partial charge on any atom is 0.188 e. The molecule has 2 aromatic carbocycles. The second-order valence-electron chi connectivity index (χ2n) is 3.62. The van der Waals surface area contributed by atoms with Gasteiger partial charge in [0.2, 0.25) is 0 Å². The molecule has 0 amide bonds. The summed E-state index contributed by atoms with van der Waals surface area (Å²) in [5.74, 6) is -0.251. The lowest BCUT2D eigenvalue weighted by molar-refractivity contribution is 0.100. The minimum atomic E-state index is -0.316. The van der Waals surface area contributed by atoms with Crippen molar-refractivity contribution >= 4 is 5.78 Å². The lowest BCUT2D eigenvalue weighted by Gasteiger charge is -2.06. The van der Waals surface area contributed by atoms with Crippen LogP contribution in [0.4, 0.5) is 0 Å². The van der Waals surface area contributed by atoms with Gasteiger partial charge in [-0.15, -0.1) is 0 Å². The topological polar surface area (TPSA) is 46.5 Å². The van der Waals surface area contributed by atoms with Gasteiger partial charge < -0.3 is 0 Å². The SMILES string of the molecule is O=NCC(=O)c1ccccc1-c1ccccc1. The van der Waals surface area contributed by atoms with Crippen LogP contribution in [0.3, 0.4) is 0 Å². The molecule has 2 rings (SSSR count). The van der Waals surface area contributed by atoms with Crippen LogP contribution in [0.1, 0.15) is 10.4 Å². The first-order valence-electron chi connectivity index (χ1n) is 5.29. The van der Waals surface area contributed by atoms with Crippen LogP contribution in [0.25, 0.3) is 11.1 Å². The van der Waals surface area contributed by atoms with Crippen LogP contribution >= 0.6 is 0 Å². The molecule has 0 aliphatic heterocycles. The molecule has 0 bridgehead atoms. The van der Waals surface area contributed by atoms with E-state index in [-0.39, 0.29) is 12.3 Å². The number of carbonyl (C=O) groups excluding carboxylic acids is 1. The van der Waals surface area contributed by atoms with Crippen LogP contribution < -0.4 is 0 Å². The summed E-state index contributed by atoms with van der Waals surface area (Å²) in [6, 6.07) is 16.8. The van der Waals surface area contributed by atoms with Gasteiger partial charge in [-0.1, -0.05) is 59.8 Å². The fourth-order valence-electron chi connectivity index (χ4n) is 1.74. The summed E-state index contributed by atoms with van der Waals surface area (Å²) in [5, 5.41) is 2.65. The highest BCUT2D eigenvalue weighted by atomic mass is 16.3. The lowest BCUT2D eigenvalue weighted by Crippen LogP contribution is -2.04. The highest BCUT2D eigenvalue weighted by Crippen LogP contribution is 2.23. The molecule has 0 radical (unpaired) electrons. The van der Waals surface area contributed by atoms with Gasteiger partial charge in [-0.05, 0) is 11.1 Å². The Hall–Kier alpha value is -2.29. The van der Waals surface area contributed by atoms with Crippen molar-refractivity contribution in [3.8, 4) is 11.1 Å². The molecule has 2 aromatic rings. The number of nitroso groups, excluding NO2 is 1. The first kappa shape index (κ1) is 11.2. The third kappa shape index (κ3) is 2.45. The van der Waals surface area contributed by atoms with E-state index in [1.54, 1.807) is 12.1 Å². The van der Waals surface area contributed by atoms with E-state index in [4.69, 9.17) is 0 Å². The number of nitrogens with zero attached hydrogens (tertiary/aromatic N) is 1. The standard InChI is InChI=1S/C14H11NO2/c16-14(10-15-17)13-9-5-4-8-12(13)11-6-2-1-3-7-11/h1-9H,10H2. The maximum absolute atomic E-state index is 11.7. The first-order valence-corrected chi connectivity index (χ1v) is 5.29. The fraction of sp³-hybridized carbons (Fsp3) is 0.0714. The van der Waals surface area contributed by atoms with Crippen molar-refractivity contribution in [3.05, 3.63) is 65.1 Å². The Morgan fingerprint density at radius 1 is 0.941 bits per heavy atom. The van der Waals surface area contributed by atoms with E-state index in [9.17, 15) is 9.70 Å². The molecular weight excluding hydrogens is 214 g/mol. The summed E-state index contributed by atoms with van der Waals surface area (Å²) in [6.45, 7) is -0.316. The summed E-state index contributed by atoms with van der Waals surface area (Å²) < 4.78 is 0. The number of hydrogen-bond acceptors (Lipinski definition) is 3. The Morgan fingerprint density at radius 3 is 2.29 bits per heavy atom. The van der Waals surface area contributed by atoms with Crippen molar-refractivity contribution in [3.63, 3.8) is 0 Å². The number of rotatable bonds is 4. The third-order valence-electron chi connectivity index (χ3n) is 2.52. The second-order valence-corrected chi connectivity index (χ2v) is 3.62. The maximum atomic E-state index is 11.7. The second kappa shape index (κ2) is 5.16. The average Bonchev–Trinajstić information content (AvgIpc) is 2.40. The van der Waals surface area contributed by atoms with Crippen LogP contribution in [0.5, 0.6) is 0 Å². The molecule has 0 fully saturated rings. The normalized spacial score (nSPS) is 9.88. The van der Waals surface area contributed by atoms with Gasteiger partial charge in [-0.2, -0.15) is 4.91 Å². The predicted molar refractivity (Wildman–Crippen MR) is 66.9 cm³/mol. The molecule has 0 atom stereocenters. The van der Waals surface area contributed by atoms with Crippen LogP contribution in [0.15, 0.2) is 59.8 Å². The molecule has 0 N–H and O–H groups in total. The summed E-state index contributed by atoms with van der Waals surface area (Å²) >= 11 is 0.